The number of hydrogen-bond acceptors (Lipinski definition) is 3. The fraction of sp³-hybridized carbons (Fsp3) is 0.200. The molecule has 1 N–H and O–H groups in total. The first-order valence-electron chi connectivity index (χ1n) is 5.81. The lowest BCUT2D eigenvalue weighted by atomic mass is 10.0. The molecule has 0 saturated heterocycles. The van der Waals surface area contributed by atoms with Crippen molar-refractivity contribution in [1.29, 1.82) is 0 Å². The van der Waals surface area contributed by atoms with Crippen LogP contribution in [-0.4, -0.2) is 19.3 Å². The molecular formula is C15H15ClO3. The van der Waals surface area contributed by atoms with Crippen LogP contribution in [0.25, 0.3) is 0 Å². The topological polar surface area (TPSA) is 38.7 Å². The van der Waals surface area contributed by atoms with Crippen molar-refractivity contribution in [3.05, 3.63) is 58.6 Å². The van der Waals surface area contributed by atoms with Crippen LogP contribution in [0, 0.1) is 0 Å². The van der Waals surface area contributed by atoms with Crippen molar-refractivity contribution in [2.24, 2.45) is 0 Å². The Morgan fingerprint density at radius 1 is 0.895 bits per heavy atom. The summed E-state index contributed by atoms with van der Waals surface area (Å²) in [6.07, 6.45) is -0.725. The van der Waals surface area contributed by atoms with Gasteiger partial charge in [0.2, 0.25) is 0 Å². The third-order valence-electron chi connectivity index (χ3n) is 2.91. The summed E-state index contributed by atoms with van der Waals surface area (Å²) in [6.45, 7) is 0. The van der Waals surface area contributed by atoms with Crippen molar-refractivity contribution in [3.63, 3.8) is 0 Å². The van der Waals surface area contributed by atoms with Gasteiger partial charge in [0.1, 0.15) is 6.10 Å². The van der Waals surface area contributed by atoms with Gasteiger partial charge in [-0.1, -0.05) is 29.8 Å². The van der Waals surface area contributed by atoms with E-state index < -0.39 is 6.10 Å². The van der Waals surface area contributed by atoms with Crippen molar-refractivity contribution in [1.82, 2.24) is 0 Å². The zero-order valence-corrected chi connectivity index (χ0v) is 11.5. The molecule has 0 aliphatic rings. The molecule has 1 atom stereocenters. The standard InChI is InChI=1S/C15H15ClO3/c1-18-13-8-5-11(9-14(13)19-2)15(17)10-3-6-12(16)7-4-10/h3-9,15,17H,1-2H3/t15-/m1/s1. The lowest BCUT2D eigenvalue weighted by Gasteiger charge is -2.14. The molecule has 0 amide bonds. The number of hydrogen-bond donors (Lipinski definition) is 1. The summed E-state index contributed by atoms with van der Waals surface area (Å²) in [5.41, 5.74) is 1.51. The highest BCUT2D eigenvalue weighted by Crippen LogP contribution is 2.32. The zero-order valence-electron chi connectivity index (χ0n) is 10.8. The minimum absolute atomic E-state index is 0.591. The number of methoxy groups -OCH3 is 2. The summed E-state index contributed by atoms with van der Waals surface area (Å²) >= 11 is 5.83. The first-order valence-corrected chi connectivity index (χ1v) is 6.19. The molecule has 0 heterocycles. The van der Waals surface area contributed by atoms with E-state index >= 15 is 0 Å². The van der Waals surface area contributed by atoms with Crippen LogP contribution in [0.5, 0.6) is 11.5 Å². The average molecular weight is 279 g/mol. The van der Waals surface area contributed by atoms with Gasteiger partial charge in [-0.2, -0.15) is 0 Å². The van der Waals surface area contributed by atoms with E-state index in [4.69, 9.17) is 21.1 Å². The van der Waals surface area contributed by atoms with E-state index in [9.17, 15) is 5.11 Å². The maximum absolute atomic E-state index is 10.3. The second-order valence-corrected chi connectivity index (χ2v) is 4.50. The second kappa shape index (κ2) is 5.95. The first-order chi connectivity index (χ1) is 9.15. The van der Waals surface area contributed by atoms with Crippen LogP contribution in [0.4, 0.5) is 0 Å². The molecule has 0 aliphatic carbocycles. The summed E-state index contributed by atoms with van der Waals surface area (Å²) < 4.78 is 10.4. The third-order valence-corrected chi connectivity index (χ3v) is 3.16. The normalized spacial score (nSPS) is 12.0. The van der Waals surface area contributed by atoms with Crippen LogP contribution < -0.4 is 9.47 Å². The molecule has 0 fully saturated rings. The molecule has 0 saturated carbocycles. The van der Waals surface area contributed by atoms with Crippen molar-refractivity contribution in [2.75, 3.05) is 14.2 Å². The molecular weight excluding hydrogens is 264 g/mol. The van der Waals surface area contributed by atoms with Crippen molar-refractivity contribution < 1.29 is 14.6 Å². The van der Waals surface area contributed by atoms with E-state index in [0.717, 1.165) is 11.1 Å². The smallest absolute Gasteiger partial charge is 0.161 e. The minimum Gasteiger partial charge on any atom is -0.493 e. The highest BCUT2D eigenvalue weighted by Gasteiger charge is 2.13. The van der Waals surface area contributed by atoms with Gasteiger partial charge in [0.05, 0.1) is 14.2 Å². The van der Waals surface area contributed by atoms with Crippen LogP contribution in [0.3, 0.4) is 0 Å². The molecule has 0 spiro atoms. The highest BCUT2D eigenvalue weighted by molar-refractivity contribution is 6.30. The average Bonchev–Trinajstić information content (AvgIpc) is 2.46. The van der Waals surface area contributed by atoms with Crippen LogP contribution in [-0.2, 0) is 0 Å². The Morgan fingerprint density at radius 3 is 2.05 bits per heavy atom. The second-order valence-electron chi connectivity index (χ2n) is 4.07. The number of aliphatic hydroxyl groups excluding tert-OH is 1. The predicted octanol–water partition coefficient (Wildman–Crippen LogP) is 3.44. The number of aliphatic hydroxyl groups is 1. The lowest BCUT2D eigenvalue weighted by Crippen LogP contribution is -2.00. The summed E-state index contributed by atoms with van der Waals surface area (Å²) in [5, 5.41) is 11.0. The number of ether oxygens (including phenoxy) is 2. The van der Waals surface area contributed by atoms with Crippen LogP contribution in [0.2, 0.25) is 5.02 Å². The van der Waals surface area contributed by atoms with Gasteiger partial charge in [0, 0.05) is 5.02 Å². The van der Waals surface area contributed by atoms with Crippen LogP contribution in [0.15, 0.2) is 42.5 Å². The number of rotatable bonds is 4. The largest absolute Gasteiger partial charge is 0.493 e. The highest BCUT2D eigenvalue weighted by atomic mass is 35.5. The molecule has 2 aromatic carbocycles. The van der Waals surface area contributed by atoms with Gasteiger partial charge < -0.3 is 14.6 Å². The molecule has 0 bridgehead atoms. The van der Waals surface area contributed by atoms with E-state index in [-0.39, 0.29) is 0 Å². The Labute approximate surface area is 117 Å². The number of halogens is 1. The van der Waals surface area contributed by atoms with Crippen LogP contribution >= 0.6 is 11.6 Å². The summed E-state index contributed by atoms with van der Waals surface area (Å²) in [7, 11) is 3.14. The van der Waals surface area contributed by atoms with Gasteiger partial charge in [-0.3, -0.25) is 0 Å². The van der Waals surface area contributed by atoms with E-state index in [0.29, 0.717) is 16.5 Å². The summed E-state index contributed by atoms with van der Waals surface area (Å²) in [4.78, 5) is 0. The lowest BCUT2D eigenvalue weighted by molar-refractivity contribution is 0.219. The van der Waals surface area contributed by atoms with Gasteiger partial charge in [-0.25, -0.2) is 0 Å². The minimum atomic E-state index is -0.725. The zero-order chi connectivity index (χ0) is 13.8. The fourth-order valence-corrected chi connectivity index (χ4v) is 1.99. The van der Waals surface area contributed by atoms with Gasteiger partial charge in [-0.05, 0) is 35.4 Å². The predicted molar refractivity (Wildman–Crippen MR) is 75.1 cm³/mol. The fourth-order valence-electron chi connectivity index (χ4n) is 1.86. The van der Waals surface area contributed by atoms with Crippen molar-refractivity contribution in [3.8, 4) is 11.5 Å². The molecule has 0 radical (unpaired) electrons. The summed E-state index contributed by atoms with van der Waals surface area (Å²) in [6, 6.07) is 12.4. The molecule has 0 unspecified atom stereocenters. The SMILES string of the molecule is COc1ccc([C@H](O)c2ccc(Cl)cc2)cc1OC. The van der Waals surface area contributed by atoms with Crippen LogP contribution in [0.1, 0.15) is 17.2 Å². The molecule has 100 valence electrons. The molecule has 2 rings (SSSR count). The molecule has 0 aliphatic heterocycles. The van der Waals surface area contributed by atoms with Gasteiger partial charge >= 0.3 is 0 Å². The molecule has 4 heteroatoms. The molecule has 0 aromatic heterocycles. The van der Waals surface area contributed by atoms with Crippen molar-refractivity contribution in [2.45, 2.75) is 6.10 Å². The Bertz CT molecular complexity index is 552. The maximum Gasteiger partial charge on any atom is 0.161 e. The quantitative estimate of drug-likeness (QED) is 0.931. The molecule has 2 aromatic rings. The Hall–Kier alpha value is -1.71. The Kier molecular flexibility index (Phi) is 4.30. The van der Waals surface area contributed by atoms with Gasteiger partial charge in [0.25, 0.3) is 0 Å². The molecule has 19 heavy (non-hydrogen) atoms. The van der Waals surface area contributed by atoms with Gasteiger partial charge in [0.15, 0.2) is 11.5 Å². The van der Waals surface area contributed by atoms with Crippen molar-refractivity contribution >= 4 is 11.6 Å². The Balaban J connectivity index is 2.33. The number of benzene rings is 2. The van der Waals surface area contributed by atoms with E-state index in [1.54, 1.807) is 56.7 Å². The third kappa shape index (κ3) is 3.00. The van der Waals surface area contributed by atoms with E-state index in [1.165, 1.54) is 0 Å². The van der Waals surface area contributed by atoms with Gasteiger partial charge in [-0.15, -0.1) is 0 Å². The molecule has 3 nitrogen and oxygen atoms in total. The van der Waals surface area contributed by atoms with E-state index in [2.05, 4.69) is 0 Å². The first kappa shape index (κ1) is 13.7. The monoisotopic (exact) mass is 278 g/mol. The summed E-state index contributed by atoms with van der Waals surface area (Å²) in [5.74, 6) is 1.22. The Morgan fingerprint density at radius 2 is 1.47 bits per heavy atom. The maximum atomic E-state index is 10.3. The van der Waals surface area contributed by atoms with E-state index in [1.807, 2.05) is 0 Å².